The van der Waals surface area contributed by atoms with Crippen LogP contribution in [0.15, 0.2) is 18.2 Å². The zero-order valence-corrected chi connectivity index (χ0v) is 12.2. The fourth-order valence-corrected chi connectivity index (χ4v) is 1.85. The standard InChI is InChI=1S/C15H20N2O3/c1-17(10-4-9-16)15(18)8-5-12-11-13(19-2)6-7-14(12)20-3/h6-7,11H,4-5,8,10H2,1-3H3. The summed E-state index contributed by atoms with van der Waals surface area (Å²) in [6.07, 6.45) is 1.31. The molecular weight excluding hydrogens is 256 g/mol. The molecule has 0 unspecified atom stereocenters. The highest BCUT2D eigenvalue weighted by molar-refractivity contribution is 5.76. The van der Waals surface area contributed by atoms with Crippen LogP contribution in [0, 0.1) is 11.3 Å². The highest BCUT2D eigenvalue weighted by atomic mass is 16.5. The molecule has 0 atom stereocenters. The molecule has 0 radical (unpaired) electrons. The summed E-state index contributed by atoms with van der Waals surface area (Å²) in [4.78, 5) is 13.5. The Labute approximate surface area is 119 Å². The number of hydrogen-bond donors (Lipinski definition) is 0. The van der Waals surface area contributed by atoms with E-state index in [-0.39, 0.29) is 5.91 Å². The summed E-state index contributed by atoms with van der Waals surface area (Å²) >= 11 is 0. The van der Waals surface area contributed by atoms with Crippen molar-refractivity contribution in [1.82, 2.24) is 4.90 Å². The van der Waals surface area contributed by atoms with Crippen LogP contribution in [0.5, 0.6) is 11.5 Å². The quantitative estimate of drug-likeness (QED) is 0.764. The Bertz CT molecular complexity index is 494. The molecule has 1 amide bonds. The molecule has 0 fully saturated rings. The normalized spacial score (nSPS) is 9.70. The van der Waals surface area contributed by atoms with Crippen LogP contribution >= 0.6 is 0 Å². The summed E-state index contributed by atoms with van der Waals surface area (Å²) in [5.74, 6) is 1.51. The monoisotopic (exact) mass is 276 g/mol. The second-order valence-electron chi connectivity index (χ2n) is 4.40. The molecule has 5 nitrogen and oxygen atoms in total. The molecule has 20 heavy (non-hydrogen) atoms. The largest absolute Gasteiger partial charge is 0.497 e. The summed E-state index contributed by atoms with van der Waals surface area (Å²) in [6.45, 7) is 0.463. The fourth-order valence-electron chi connectivity index (χ4n) is 1.85. The Balaban J connectivity index is 2.64. The smallest absolute Gasteiger partial charge is 0.222 e. The van der Waals surface area contributed by atoms with E-state index < -0.39 is 0 Å². The zero-order chi connectivity index (χ0) is 15.0. The summed E-state index contributed by atoms with van der Waals surface area (Å²) in [7, 11) is 4.92. The first-order valence-electron chi connectivity index (χ1n) is 6.44. The number of aryl methyl sites for hydroxylation is 1. The maximum absolute atomic E-state index is 11.9. The molecule has 1 aromatic rings. The van der Waals surface area contributed by atoms with Gasteiger partial charge in [0.2, 0.25) is 5.91 Å². The Morgan fingerprint density at radius 3 is 2.70 bits per heavy atom. The molecule has 0 N–H and O–H groups in total. The van der Waals surface area contributed by atoms with Gasteiger partial charge in [0.15, 0.2) is 0 Å². The van der Waals surface area contributed by atoms with Crippen molar-refractivity contribution in [3.63, 3.8) is 0 Å². The minimum absolute atomic E-state index is 0.0186. The first kappa shape index (κ1) is 15.8. The molecule has 0 bridgehead atoms. The lowest BCUT2D eigenvalue weighted by atomic mass is 10.1. The number of rotatable bonds is 7. The number of nitriles is 1. The Morgan fingerprint density at radius 2 is 2.10 bits per heavy atom. The predicted octanol–water partition coefficient (Wildman–Crippen LogP) is 2.01. The molecule has 0 saturated heterocycles. The van der Waals surface area contributed by atoms with Gasteiger partial charge in [-0.25, -0.2) is 0 Å². The SMILES string of the molecule is COc1ccc(OC)c(CCC(=O)N(C)CCC#N)c1. The van der Waals surface area contributed by atoms with E-state index in [1.807, 2.05) is 24.3 Å². The van der Waals surface area contributed by atoms with Gasteiger partial charge in [-0.05, 0) is 30.2 Å². The van der Waals surface area contributed by atoms with Crippen LogP contribution in [0.25, 0.3) is 0 Å². The fraction of sp³-hybridized carbons (Fsp3) is 0.467. The van der Waals surface area contributed by atoms with Gasteiger partial charge in [-0.1, -0.05) is 0 Å². The van der Waals surface area contributed by atoms with Crippen molar-refractivity contribution < 1.29 is 14.3 Å². The van der Waals surface area contributed by atoms with Crippen molar-refractivity contribution in [2.24, 2.45) is 0 Å². The van der Waals surface area contributed by atoms with E-state index in [1.54, 1.807) is 26.2 Å². The third-order valence-corrected chi connectivity index (χ3v) is 3.08. The number of hydrogen-bond acceptors (Lipinski definition) is 4. The summed E-state index contributed by atoms with van der Waals surface area (Å²) < 4.78 is 10.5. The molecule has 1 aromatic carbocycles. The number of carbonyl (C=O) groups excluding carboxylic acids is 1. The third-order valence-electron chi connectivity index (χ3n) is 3.08. The Kier molecular flexibility index (Phi) is 6.38. The van der Waals surface area contributed by atoms with Crippen LogP contribution in [-0.4, -0.2) is 38.6 Å². The average Bonchev–Trinajstić information content (AvgIpc) is 2.49. The number of nitrogens with zero attached hydrogens (tertiary/aromatic N) is 2. The van der Waals surface area contributed by atoms with Crippen LogP contribution < -0.4 is 9.47 Å². The highest BCUT2D eigenvalue weighted by Crippen LogP contribution is 2.25. The van der Waals surface area contributed by atoms with Gasteiger partial charge in [-0.3, -0.25) is 4.79 Å². The van der Waals surface area contributed by atoms with Crippen molar-refractivity contribution >= 4 is 5.91 Å². The van der Waals surface area contributed by atoms with Gasteiger partial charge in [0, 0.05) is 20.0 Å². The molecule has 0 saturated carbocycles. The van der Waals surface area contributed by atoms with Gasteiger partial charge in [-0.2, -0.15) is 5.26 Å². The van der Waals surface area contributed by atoms with Crippen LogP contribution in [-0.2, 0) is 11.2 Å². The van der Waals surface area contributed by atoms with E-state index in [9.17, 15) is 4.79 Å². The minimum Gasteiger partial charge on any atom is -0.497 e. The van der Waals surface area contributed by atoms with E-state index >= 15 is 0 Å². The third kappa shape index (κ3) is 4.47. The minimum atomic E-state index is 0.0186. The van der Waals surface area contributed by atoms with Gasteiger partial charge in [-0.15, -0.1) is 0 Å². The van der Waals surface area contributed by atoms with Crippen molar-refractivity contribution in [2.75, 3.05) is 27.8 Å². The number of amides is 1. The number of methoxy groups -OCH3 is 2. The Morgan fingerprint density at radius 1 is 1.35 bits per heavy atom. The van der Waals surface area contributed by atoms with E-state index in [1.165, 1.54) is 0 Å². The molecule has 0 aliphatic carbocycles. The predicted molar refractivity (Wildman–Crippen MR) is 75.7 cm³/mol. The van der Waals surface area contributed by atoms with Gasteiger partial charge in [0.05, 0.1) is 26.7 Å². The van der Waals surface area contributed by atoms with Crippen molar-refractivity contribution in [3.05, 3.63) is 23.8 Å². The van der Waals surface area contributed by atoms with Crippen LogP contribution in [0.4, 0.5) is 0 Å². The molecule has 5 heteroatoms. The lowest BCUT2D eigenvalue weighted by Crippen LogP contribution is -2.27. The molecule has 0 heterocycles. The zero-order valence-electron chi connectivity index (χ0n) is 12.2. The summed E-state index contributed by atoms with van der Waals surface area (Å²) in [5.41, 5.74) is 0.939. The van der Waals surface area contributed by atoms with Crippen molar-refractivity contribution in [1.29, 1.82) is 5.26 Å². The highest BCUT2D eigenvalue weighted by Gasteiger charge is 2.11. The van der Waals surface area contributed by atoms with Gasteiger partial charge >= 0.3 is 0 Å². The topological polar surface area (TPSA) is 62.6 Å². The van der Waals surface area contributed by atoms with Crippen LogP contribution in [0.2, 0.25) is 0 Å². The van der Waals surface area contributed by atoms with E-state index in [0.717, 1.165) is 17.1 Å². The van der Waals surface area contributed by atoms with Crippen molar-refractivity contribution in [3.8, 4) is 17.6 Å². The molecule has 0 aromatic heterocycles. The number of carbonyl (C=O) groups is 1. The lowest BCUT2D eigenvalue weighted by Gasteiger charge is -2.16. The van der Waals surface area contributed by atoms with Crippen LogP contribution in [0.3, 0.4) is 0 Å². The van der Waals surface area contributed by atoms with Crippen molar-refractivity contribution in [2.45, 2.75) is 19.3 Å². The maximum atomic E-state index is 11.9. The number of benzene rings is 1. The lowest BCUT2D eigenvalue weighted by molar-refractivity contribution is -0.129. The molecule has 0 spiro atoms. The number of ether oxygens (including phenoxy) is 2. The maximum Gasteiger partial charge on any atom is 0.222 e. The van der Waals surface area contributed by atoms with Gasteiger partial charge in [0.25, 0.3) is 0 Å². The van der Waals surface area contributed by atoms with Gasteiger partial charge < -0.3 is 14.4 Å². The molecule has 0 aliphatic rings. The average molecular weight is 276 g/mol. The van der Waals surface area contributed by atoms with E-state index in [2.05, 4.69) is 0 Å². The van der Waals surface area contributed by atoms with Crippen LogP contribution in [0.1, 0.15) is 18.4 Å². The van der Waals surface area contributed by atoms with E-state index in [0.29, 0.717) is 25.8 Å². The second-order valence-corrected chi connectivity index (χ2v) is 4.40. The van der Waals surface area contributed by atoms with E-state index in [4.69, 9.17) is 14.7 Å². The first-order chi connectivity index (χ1) is 9.62. The molecule has 108 valence electrons. The first-order valence-corrected chi connectivity index (χ1v) is 6.44. The molecule has 1 rings (SSSR count). The van der Waals surface area contributed by atoms with Gasteiger partial charge in [0.1, 0.15) is 11.5 Å². The molecule has 0 aliphatic heterocycles. The second kappa shape index (κ2) is 8.05. The summed E-state index contributed by atoms with van der Waals surface area (Å²) in [6, 6.07) is 7.56. The molecular formula is C15H20N2O3. The summed E-state index contributed by atoms with van der Waals surface area (Å²) in [5, 5.41) is 8.51. The Hall–Kier alpha value is -2.22.